The molecule has 0 unspecified atom stereocenters. The van der Waals surface area contributed by atoms with Crippen molar-refractivity contribution in [2.24, 2.45) is 0 Å². The lowest BCUT2D eigenvalue weighted by molar-refractivity contribution is 0.0270. The predicted octanol–water partition coefficient (Wildman–Crippen LogP) is 5.30. The van der Waals surface area contributed by atoms with Crippen molar-refractivity contribution in [2.45, 2.75) is 45.8 Å². The van der Waals surface area contributed by atoms with Crippen molar-refractivity contribution in [1.29, 1.82) is 0 Å². The van der Waals surface area contributed by atoms with Crippen LogP contribution in [0.5, 0.6) is 0 Å². The summed E-state index contributed by atoms with van der Waals surface area (Å²) >= 11 is 0. The Morgan fingerprint density at radius 1 is 0.906 bits per heavy atom. The number of hydrogen-bond donors (Lipinski definition) is 1. The lowest BCUT2D eigenvalue weighted by atomic mass is 9.99. The van der Waals surface area contributed by atoms with E-state index in [0.29, 0.717) is 19.6 Å². The van der Waals surface area contributed by atoms with Crippen molar-refractivity contribution >= 4 is 23.4 Å². The highest BCUT2D eigenvalue weighted by Gasteiger charge is 2.24. The number of fused-ring (bicyclic) bond motifs is 1. The van der Waals surface area contributed by atoms with E-state index in [-0.39, 0.29) is 12.1 Å². The molecule has 0 saturated heterocycles. The van der Waals surface area contributed by atoms with Gasteiger partial charge in [-0.1, -0.05) is 42.5 Å². The summed E-state index contributed by atoms with van der Waals surface area (Å²) in [6, 6.07) is 16.1. The molecule has 0 atom stereocenters. The molecule has 0 fully saturated rings. The SMILES string of the molecule is CC(C)(C)OC(=O)N1CC=C(c2ccc(NC(=O)N3CCc4ccccc4C3)cc2)CC1. The van der Waals surface area contributed by atoms with Crippen LogP contribution in [0.4, 0.5) is 15.3 Å². The van der Waals surface area contributed by atoms with Crippen LogP contribution in [0.2, 0.25) is 0 Å². The maximum Gasteiger partial charge on any atom is 0.410 e. The number of urea groups is 1. The smallest absolute Gasteiger partial charge is 0.410 e. The first-order valence-electron chi connectivity index (χ1n) is 11.2. The van der Waals surface area contributed by atoms with Gasteiger partial charge in [0.05, 0.1) is 0 Å². The largest absolute Gasteiger partial charge is 0.444 e. The predicted molar refractivity (Wildman–Crippen MR) is 126 cm³/mol. The highest BCUT2D eigenvalue weighted by Crippen LogP contribution is 2.25. The number of amides is 3. The molecule has 2 aliphatic rings. The molecule has 0 bridgehead atoms. The molecular weight excluding hydrogens is 402 g/mol. The normalized spacial score (nSPS) is 16.2. The second kappa shape index (κ2) is 9.07. The first-order chi connectivity index (χ1) is 15.3. The van der Waals surface area contributed by atoms with E-state index in [0.717, 1.165) is 30.6 Å². The lowest BCUT2D eigenvalue weighted by Crippen LogP contribution is -2.39. The first kappa shape index (κ1) is 21.9. The molecule has 0 spiro atoms. The van der Waals surface area contributed by atoms with Crippen LogP contribution in [0.1, 0.15) is 43.9 Å². The van der Waals surface area contributed by atoms with Crippen molar-refractivity contribution in [3.05, 3.63) is 71.3 Å². The quantitative estimate of drug-likeness (QED) is 0.699. The zero-order chi connectivity index (χ0) is 22.7. The fraction of sp³-hybridized carbons (Fsp3) is 0.385. The Kier molecular flexibility index (Phi) is 6.21. The van der Waals surface area contributed by atoms with Gasteiger partial charge in [0, 0.05) is 31.9 Å². The van der Waals surface area contributed by atoms with Gasteiger partial charge in [0.15, 0.2) is 0 Å². The topological polar surface area (TPSA) is 61.9 Å². The fourth-order valence-electron chi connectivity index (χ4n) is 4.06. The van der Waals surface area contributed by atoms with Crippen LogP contribution in [-0.2, 0) is 17.7 Å². The summed E-state index contributed by atoms with van der Waals surface area (Å²) < 4.78 is 5.45. The Hall–Kier alpha value is -3.28. The highest BCUT2D eigenvalue weighted by atomic mass is 16.6. The average Bonchev–Trinajstić information content (AvgIpc) is 2.78. The monoisotopic (exact) mass is 433 g/mol. The summed E-state index contributed by atoms with van der Waals surface area (Å²) in [5.74, 6) is 0. The minimum absolute atomic E-state index is 0.0721. The minimum atomic E-state index is -0.487. The van der Waals surface area contributed by atoms with Crippen LogP contribution in [-0.4, -0.2) is 47.2 Å². The van der Waals surface area contributed by atoms with Crippen molar-refractivity contribution in [3.8, 4) is 0 Å². The third kappa shape index (κ3) is 5.31. The van der Waals surface area contributed by atoms with Gasteiger partial charge in [0.1, 0.15) is 5.60 Å². The zero-order valence-corrected chi connectivity index (χ0v) is 19.1. The van der Waals surface area contributed by atoms with E-state index in [4.69, 9.17) is 4.74 Å². The summed E-state index contributed by atoms with van der Waals surface area (Å²) in [5, 5.41) is 3.01. The summed E-state index contributed by atoms with van der Waals surface area (Å²) in [7, 11) is 0. The van der Waals surface area contributed by atoms with Gasteiger partial charge in [0.2, 0.25) is 0 Å². The van der Waals surface area contributed by atoms with Crippen molar-refractivity contribution in [2.75, 3.05) is 25.0 Å². The lowest BCUT2D eigenvalue weighted by Gasteiger charge is -2.30. The number of nitrogens with one attached hydrogen (secondary N) is 1. The van der Waals surface area contributed by atoms with Crippen LogP contribution >= 0.6 is 0 Å². The van der Waals surface area contributed by atoms with Crippen molar-refractivity contribution in [3.63, 3.8) is 0 Å². The van der Waals surface area contributed by atoms with Gasteiger partial charge in [0.25, 0.3) is 0 Å². The molecule has 3 amide bonds. The summed E-state index contributed by atoms with van der Waals surface area (Å²) in [5.41, 5.74) is 5.15. The van der Waals surface area contributed by atoms with Gasteiger partial charge in [-0.25, -0.2) is 9.59 Å². The van der Waals surface area contributed by atoms with Crippen LogP contribution in [0, 0.1) is 0 Å². The van der Waals surface area contributed by atoms with E-state index < -0.39 is 5.60 Å². The molecule has 2 aromatic carbocycles. The van der Waals surface area contributed by atoms with Crippen LogP contribution in [0.25, 0.3) is 5.57 Å². The van der Waals surface area contributed by atoms with Gasteiger partial charge in [-0.3, -0.25) is 0 Å². The van der Waals surface area contributed by atoms with Crippen LogP contribution in [0.15, 0.2) is 54.6 Å². The molecule has 6 heteroatoms. The van der Waals surface area contributed by atoms with E-state index in [1.54, 1.807) is 4.90 Å². The Labute approximate surface area is 189 Å². The molecule has 2 aromatic rings. The Bertz CT molecular complexity index is 1020. The Morgan fingerprint density at radius 2 is 1.59 bits per heavy atom. The molecule has 0 aromatic heterocycles. The van der Waals surface area contributed by atoms with E-state index in [1.807, 2.05) is 62.1 Å². The molecule has 4 rings (SSSR count). The second-order valence-electron chi connectivity index (χ2n) is 9.35. The number of ether oxygens (including phenoxy) is 1. The van der Waals surface area contributed by atoms with E-state index in [9.17, 15) is 9.59 Å². The number of rotatable bonds is 2. The van der Waals surface area contributed by atoms with E-state index in [1.165, 1.54) is 16.7 Å². The number of benzene rings is 2. The number of anilines is 1. The van der Waals surface area contributed by atoms with Gasteiger partial charge >= 0.3 is 12.1 Å². The molecule has 0 saturated carbocycles. The fourth-order valence-corrected chi connectivity index (χ4v) is 4.06. The average molecular weight is 434 g/mol. The van der Waals surface area contributed by atoms with Gasteiger partial charge in [-0.05, 0) is 68.0 Å². The molecule has 168 valence electrons. The number of carbonyl (C=O) groups excluding carboxylic acids is 2. The minimum Gasteiger partial charge on any atom is -0.444 e. The number of nitrogens with zero attached hydrogens (tertiary/aromatic N) is 2. The van der Waals surface area contributed by atoms with Crippen LogP contribution < -0.4 is 5.32 Å². The molecule has 2 heterocycles. The highest BCUT2D eigenvalue weighted by molar-refractivity contribution is 5.89. The van der Waals surface area contributed by atoms with Crippen molar-refractivity contribution in [1.82, 2.24) is 9.80 Å². The Morgan fingerprint density at radius 3 is 2.25 bits per heavy atom. The van der Waals surface area contributed by atoms with Gasteiger partial charge < -0.3 is 19.9 Å². The molecule has 2 aliphatic heterocycles. The number of hydrogen-bond acceptors (Lipinski definition) is 3. The van der Waals surface area contributed by atoms with Crippen molar-refractivity contribution < 1.29 is 14.3 Å². The third-order valence-corrected chi connectivity index (χ3v) is 5.79. The molecular formula is C26H31N3O3. The molecule has 0 aliphatic carbocycles. The maximum absolute atomic E-state index is 12.7. The van der Waals surface area contributed by atoms with E-state index >= 15 is 0 Å². The standard InChI is InChI=1S/C26H31N3O3/c1-26(2,3)32-25(31)28-15-12-21(13-16-28)20-8-10-23(11-9-20)27-24(30)29-17-14-19-6-4-5-7-22(19)18-29/h4-12H,13-18H2,1-3H3,(H,27,30). The Balaban J connectivity index is 1.33. The zero-order valence-electron chi connectivity index (χ0n) is 19.1. The third-order valence-electron chi connectivity index (χ3n) is 5.79. The van der Waals surface area contributed by atoms with Gasteiger partial charge in [-0.15, -0.1) is 0 Å². The summed E-state index contributed by atoms with van der Waals surface area (Å²) in [4.78, 5) is 28.5. The summed E-state index contributed by atoms with van der Waals surface area (Å²) in [6.07, 6.45) is 3.47. The van der Waals surface area contributed by atoms with E-state index in [2.05, 4.69) is 23.5 Å². The van der Waals surface area contributed by atoms with Crippen LogP contribution in [0.3, 0.4) is 0 Å². The second-order valence-corrected chi connectivity index (χ2v) is 9.35. The maximum atomic E-state index is 12.7. The number of carbonyl (C=O) groups is 2. The molecule has 6 nitrogen and oxygen atoms in total. The van der Waals surface area contributed by atoms with Gasteiger partial charge in [-0.2, -0.15) is 0 Å². The molecule has 0 radical (unpaired) electrons. The molecule has 32 heavy (non-hydrogen) atoms. The summed E-state index contributed by atoms with van der Waals surface area (Å²) in [6.45, 7) is 8.17. The first-order valence-corrected chi connectivity index (χ1v) is 11.2. The molecule has 1 N–H and O–H groups in total.